The number of amides is 1. The lowest BCUT2D eigenvalue weighted by Crippen LogP contribution is -2.44. The van der Waals surface area contributed by atoms with Gasteiger partial charge in [-0.05, 0) is 24.3 Å². The second-order valence-corrected chi connectivity index (χ2v) is 5.60. The van der Waals surface area contributed by atoms with Gasteiger partial charge >= 0.3 is 5.97 Å². The first-order chi connectivity index (χ1) is 9.13. The Morgan fingerprint density at radius 2 is 2.16 bits per heavy atom. The van der Waals surface area contributed by atoms with E-state index < -0.39 is 6.04 Å². The highest BCUT2D eigenvalue weighted by atomic mass is 32.1. The average molecular weight is 282 g/mol. The molecule has 0 aliphatic carbocycles. The van der Waals surface area contributed by atoms with Gasteiger partial charge in [-0.15, -0.1) is 11.3 Å². The van der Waals surface area contributed by atoms with E-state index in [1.807, 2.05) is 17.5 Å². The number of likely N-dealkylation sites (tertiary alicyclic amines) is 1. The molecule has 0 bridgehead atoms. The first-order valence-electron chi connectivity index (χ1n) is 6.29. The fourth-order valence-electron chi connectivity index (χ4n) is 2.29. The van der Waals surface area contributed by atoms with Crippen LogP contribution in [0.5, 0.6) is 0 Å². The summed E-state index contributed by atoms with van der Waals surface area (Å²) in [6, 6.07) is 3.17. The molecule has 2 N–H and O–H groups in total. The number of hydrogen-bond acceptors (Lipinski definition) is 5. The monoisotopic (exact) mass is 282 g/mol. The summed E-state index contributed by atoms with van der Waals surface area (Å²) in [5.74, 6) is -0.340. The van der Waals surface area contributed by atoms with E-state index in [0.29, 0.717) is 25.9 Å². The Balaban J connectivity index is 1.91. The first-order valence-corrected chi connectivity index (χ1v) is 7.17. The third-order valence-corrected chi connectivity index (χ3v) is 4.41. The molecule has 0 saturated carbocycles. The predicted octanol–water partition coefficient (Wildman–Crippen LogP) is 1.16. The molecule has 1 aromatic rings. The van der Waals surface area contributed by atoms with Gasteiger partial charge in [-0.1, -0.05) is 6.07 Å². The van der Waals surface area contributed by atoms with E-state index in [4.69, 9.17) is 10.5 Å². The van der Waals surface area contributed by atoms with E-state index >= 15 is 0 Å². The maximum absolute atomic E-state index is 12.2. The Labute approximate surface area is 116 Å². The molecule has 19 heavy (non-hydrogen) atoms. The van der Waals surface area contributed by atoms with Gasteiger partial charge in [-0.25, -0.2) is 0 Å². The van der Waals surface area contributed by atoms with Crippen LogP contribution in [0.2, 0.25) is 0 Å². The van der Waals surface area contributed by atoms with Gasteiger partial charge in [0.1, 0.15) is 6.04 Å². The normalized spacial score (nSPS) is 18.1. The van der Waals surface area contributed by atoms with Crippen LogP contribution >= 0.6 is 11.3 Å². The summed E-state index contributed by atoms with van der Waals surface area (Å²) < 4.78 is 4.73. The largest absolute Gasteiger partial charge is 0.469 e. The van der Waals surface area contributed by atoms with Crippen LogP contribution in [0.3, 0.4) is 0 Å². The zero-order chi connectivity index (χ0) is 13.8. The fraction of sp³-hybridized carbons (Fsp3) is 0.538. The van der Waals surface area contributed by atoms with Crippen molar-refractivity contribution in [1.82, 2.24) is 4.90 Å². The number of thiophene rings is 1. The van der Waals surface area contributed by atoms with Gasteiger partial charge in [0, 0.05) is 18.0 Å². The molecule has 104 valence electrons. The molecule has 1 unspecified atom stereocenters. The number of rotatable bonds is 3. The van der Waals surface area contributed by atoms with Gasteiger partial charge in [0.25, 0.3) is 0 Å². The van der Waals surface area contributed by atoms with Crippen molar-refractivity contribution in [2.24, 2.45) is 11.7 Å². The van der Waals surface area contributed by atoms with Crippen LogP contribution in [-0.4, -0.2) is 37.0 Å². The minimum atomic E-state index is -0.588. The summed E-state index contributed by atoms with van der Waals surface area (Å²) >= 11 is 1.49. The molecule has 1 aliphatic rings. The summed E-state index contributed by atoms with van der Waals surface area (Å²) in [6.07, 6.45) is 1.30. The number of carbonyl (C=O) groups excluding carboxylic acids is 2. The highest BCUT2D eigenvalue weighted by molar-refractivity contribution is 7.10. The quantitative estimate of drug-likeness (QED) is 0.844. The Kier molecular flexibility index (Phi) is 4.55. The van der Waals surface area contributed by atoms with Crippen LogP contribution < -0.4 is 5.73 Å². The minimum Gasteiger partial charge on any atom is -0.469 e. The van der Waals surface area contributed by atoms with Crippen LogP contribution in [-0.2, 0) is 14.3 Å². The number of ether oxygens (including phenoxy) is 1. The zero-order valence-electron chi connectivity index (χ0n) is 10.9. The smallest absolute Gasteiger partial charge is 0.308 e. The molecule has 1 aromatic heterocycles. The summed E-state index contributed by atoms with van der Waals surface area (Å²) in [5.41, 5.74) is 5.96. The second-order valence-electron chi connectivity index (χ2n) is 4.62. The van der Waals surface area contributed by atoms with Crippen molar-refractivity contribution < 1.29 is 14.3 Å². The van der Waals surface area contributed by atoms with Gasteiger partial charge in [-0.2, -0.15) is 0 Å². The highest BCUT2D eigenvalue weighted by Crippen LogP contribution is 2.23. The summed E-state index contributed by atoms with van der Waals surface area (Å²) in [5, 5.41) is 1.91. The molecular formula is C13H18N2O3S. The molecule has 0 radical (unpaired) electrons. The molecule has 1 atom stereocenters. The Morgan fingerprint density at radius 3 is 2.68 bits per heavy atom. The molecule has 1 fully saturated rings. The van der Waals surface area contributed by atoms with Crippen molar-refractivity contribution >= 4 is 23.2 Å². The molecular weight excluding hydrogens is 264 g/mol. The number of methoxy groups -OCH3 is 1. The fourth-order valence-corrected chi connectivity index (χ4v) is 3.01. The minimum absolute atomic E-state index is 0.0641. The van der Waals surface area contributed by atoms with Crippen LogP contribution in [0.1, 0.15) is 23.8 Å². The first kappa shape index (κ1) is 14.0. The number of hydrogen-bond donors (Lipinski definition) is 1. The summed E-state index contributed by atoms with van der Waals surface area (Å²) in [4.78, 5) is 26.3. The Hall–Kier alpha value is -1.40. The third kappa shape index (κ3) is 3.13. The number of esters is 1. The van der Waals surface area contributed by atoms with Gasteiger partial charge in [0.2, 0.25) is 5.91 Å². The molecule has 2 heterocycles. The van der Waals surface area contributed by atoms with Crippen molar-refractivity contribution in [2.75, 3.05) is 20.2 Å². The van der Waals surface area contributed by atoms with Crippen LogP contribution in [0.4, 0.5) is 0 Å². The van der Waals surface area contributed by atoms with Crippen molar-refractivity contribution in [3.05, 3.63) is 22.4 Å². The van der Waals surface area contributed by atoms with Gasteiger partial charge in [0.15, 0.2) is 0 Å². The van der Waals surface area contributed by atoms with E-state index in [2.05, 4.69) is 0 Å². The van der Waals surface area contributed by atoms with Crippen LogP contribution in [0.25, 0.3) is 0 Å². The topological polar surface area (TPSA) is 72.6 Å². The summed E-state index contributed by atoms with van der Waals surface area (Å²) in [6.45, 7) is 1.13. The average Bonchev–Trinajstić information content (AvgIpc) is 2.99. The molecule has 0 spiro atoms. The molecule has 0 aromatic carbocycles. The SMILES string of the molecule is COC(=O)C1CCN(C(=O)C(N)c2cccs2)CC1. The van der Waals surface area contributed by atoms with Crippen molar-refractivity contribution in [3.8, 4) is 0 Å². The molecule has 1 amide bonds. The maximum atomic E-state index is 12.2. The Bertz CT molecular complexity index is 439. The lowest BCUT2D eigenvalue weighted by atomic mass is 9.96. The van der Waals surface area contributed by atoms with E-state index in [1.165, 1.54) is 18.4 Å². The number of carbonyl (C=O) groups is 2. The number of nitrogens with two attached hydrogens (primary N) is 1. The van der Waals surface area contributed by atoms with Crippen LogP contribution in [0.15, 0.2) is 17.5 Å². The maximum Gasteiger partial charge on any atom is 0.308 e. The van der Waals surface area contributed by atoms with E-state index in [1.54, 1.807) is 4.90 Å². The van der Waals surface area contributed by atoms with Crippen LogP contribution in [0, 0.1) is 5.92 Å². The molecule has 6 heteroatoms. The van der Waals surface area contributed by atoms with Crippen molar-refractivity contribution in [2.45, 2.75) is 18.9 Å². The third-order valence-electron chi connectivity index (χ3n) is 3.46. The van der Waals surface area contributed by atoms with Gasteiger partial charge in [0.05, 0.1) is 13.0 Å². The Morgan fingerprint density at radius 1 is 1.47 bits per heavy atom. The lowest BCUT2D eigenvalue weighted by Gasteiger charge is -2.32. The zero-order valence-corrected chi connectivity index (χ0v) is 11.7. The number of piperidine rings is 1. The molecule has 1 aliphatic heterocycles. The standard InChI is InChI=1S/C13H18N2O3S/c1-18-13(17)9-4-6-15(7-5-9)12(16)11(14)10-3-2-8-19-10/h2-3,8-9,11H,4-7,14H2,1H3. The van der Waals surface area contributed by atoms with E-state index in [-0.39, 0.29) is 17.8 Å². The second kappa shape index (κ2) is 6.16. The predicted molar refractivity (Wildman–Crippen MR) is 72.6 cm³/mol. The van der Waals surface area contributed by atoms with Crippen molar-refractivity contribution in [1.29, 1.82) is 0 Å². The molecule has 2 rings (SSSR count). The van der Waals surface area contributed by atoms with E-state index in [9.17, 15) is 9.59 Å². The van der Waals surface area contributed by atoms with E-state index in [0.717, 1.165) is 4.88 Å². The van der Waals surface area contributed by atoms with Gasteiger partial charge in [-0.3, -0.25) is 9.59 Å². The lowest BCUT2D eigenvalue weighted by molar-refractivity contribution is -0.149. The van der Waals surface area contributed by atoms with Gasteiger partial charge < -0.3 is 15.4 Å². The highest BCUT2D eigenvalue weighted by Gasteiger charge is 2.30. The molecule has 5 nitrogen and oxygen atoms in total. The van der Waals surface area contributed by atoms with Crippen molar-refractivity contribution in [3.63, 3.8) is 0 Å². The molecule has 1 saturated heterocycles. The number of nitrogens with zero attached hydrogens (tertiary/aromatic N) is 1. The summed E-state index contributed by atoms with van der Waals surface area (Å²) in [7, 11) is 1.40.